The number of rotatable bonds is 3. The second-order valence-corrected chi connectivity index (χ2v) is 6.77. The number of benzene rings is 1. The highest BCUT2D eigenvalue weighted by atomic mass is 16.3. The van der Waals surface area contributed by atoms with Gasteiger partial charge in [-0.2, -0.15) is 20.0 Å². The number of carbonyl (C=O) groups excluding carboxylic acids is 1. The summed E-state index contributed by atoms with van der Waals surface area (Å²) in [6.45, 7) is 4.66. The predicted octanol–water partition coefficient (Wildman–Crippen LogP) is 0.552. The molecule has 3 aromatic rings. The Morgan fingerprint density at radius 2 is 1.80 bits per heavy atom. The van der Waals surface area contributed by atoms with Crippen molar-refractivity contribution in [3.63, 3.8) is 0 Å². The van der Waals surface area contributed by atoms with E-state index in [1.54, 1.807) is 0 Å². The van der Waals surface area contributed by atoms with Crippen molar-refractivity contribution in [2.24, 2.45) is 0 Å². The zero-order chi connectivity index (χ0) is 21.5. The number of aromatic nitrogens is 5. The molecule has 3 N–H and O–H groups in total. The van der Waals surface area contributed by atoms with E-state index in [1.807, 2.05) is 42.2 Å². The maximum Gasteiger partial charge on any atom is 0.290 e. The van der Waals surface area contributed by atoms with Crippen molar-refractivity contribution in [1.82, 2.24) is 29.9 Å². The van der Waals surface area contributed by atoms with Crippen LogP contribution in [-0.4, -0.2) is 73.5 Å². The Kier molecular flexibility index (Phi) is 6.73. The first-order chi connectivity index (χ1) is 14.5. The molecule has 158 valence electrons. The highest BCUT2D eigenvalue weighted by molar-refractivity contribution is 5.77. The SMILES string of the molecule is Cc1cc(N2CCCN(C(=O)Cn3nc4ccccc4n3)CC2)nc(N)n1.O=CO. The Labute approximate surface area is 173 Å². The van der Waals surface area contributed by atoms with E-state index in [1.165, 1.54) is 4.80 Å². The van der Waals surface area contributed by atoms with Gasteiger partial charge in [0.05, 0.1) is 0 Å². The first kappa shape index (κ1) is 21.0. The van der Waals surface area contributed by atoms with Crippen molar-refractivity contribution in [2.75, 3.05) is 36.8 Å². The van der Waals surface area contributed by atoms with Gasteiger partial charge >= 0.3 is 0 Å². The molecule has 0 unspecified atom stereocenters. The smallest absolute Gasteiger partial charge is 0.290 e. The summed E-state index contributed by atoms with van der Waals surface area (Å²) in [4.78, 5) is 35.0. The maximum atomic E-state index is 12.7. The molecule has 0 spiro atoms. The van der Waals surface area contributed by atoms with E-state index in [0.29, 0.717) is 19.6 Å². The molecule has 0 atom stereocenters. The first-order valence-electron chi connectivity index (χ1n) is 9.51. The van der Waals surface area contributed by atoms with Gasteiger partial charge in [-0.1, -0.05) is 12.1 Å². The van der Waals surface area contributed by atoms with Crippen LogP contribution >= 0.6 is 0 Å². The number of carbonyl (C=O) groups is 2. The summed E-state index contributed by atoms with van der Waals surface area (Å²) in [5.41, 5.74) is 8.20. The fourth-order valence-electron chi connectivity index (χ4n) is 3.33. The van der Waals surface area contributed by atoms with Gasteiger partial charge in [-0.25, -0.2) is 4.98 Å². The van der Waals surface area contributed by atoms with Crippen LogP contribution in [0.5, 0.6) is 0 Å². The third-order valence-electron chi connectivity index (χ3n) is 4.64. The minimum atomic E-state index is -0.250. The van der Waals surface area contributed by atoms with Crippen LogP contribution in [0.1, 0.15) is 12.1 Å². The highest BCUT2D eigenvalue weighted by Gasteiger charge is 2.21. The second-order valence-electron chi connectivity index (χ2n) is 6.77. The molecule has 1 aliphatic heterocycles. The maximum absolute atomic E-state index is 12.7. The summed E-state index contributed by atoms with van der Waals surface area (Å²) >= 11 is 0. The molecule has 0 saturated carbocycles. The molecule has 2 aromatic heterocycles. The Balaban J connectivity index is 0.000000806. The number of fused-ring (bicyclic) bond motifs is 1. The van der Waals surface area contributed by atoms with Crippen molar-refractivity contribution < 1.29 is 14.7 Å². The van der Waals surface area contributed by atoms with Crippen LogP contribution in [0.25, 0.3) is 11.0 Å². The standard InChI is InChI=1S/C18H22N8O.CH2O2/c1-13-11-16(21-18(19)20-13)24-7-4-8-25(10-9-24)17(27)12-26-22-14-5-2-3-6-15(14)23-26;2-1-3/h2-3,5-6,11H,4,7-10,12H2,1H3,(H2,19,20,21);1H,(H,2,3). The average molecular weight is 412 g/mol. The van der Waals surface area contributed by atoms with Crippen LogP contribution in [0, 0.1) is 6.92 Å². The largest absolute Gasteiger partial charge is 0.483 e. The van der Waals surface area contributed by atoms with Crippen LogP contribution in [0.4, 0.5) is 11.8 Å². The van der Waals surface area contributed by atoms with E-state index in [4.69, 9.17) is 15.6 Å². The zero-order valence-electron chi connectivity index (χ0n) is 16.7. The topological polar surface area (TPSA) is 143 Å². The molecule has 1 saturated heterocycles. The van der Waals surface area contributed by atoms with Crippen molar-refractivity contribution in [3.05, 3.63) is 36.0 Å². The number of carboxylic acid groups (broad SMARTS) is 1. The van der Waals surface area contributed by atoms with Crippen LogP contribution in [-0.2, 0) is 16.1 Å². The van der Waals surface area contributed by atoms with Gasteiger partial charge in [0.1, 0.15) is 23.4 Å². The third-order valence-corrected chi connectivity index (χ3v) is 4.64. The molecule has 0 radical (unpaired) electrons. The molecule has 11 heteroatoms. The lowest BCUT2D eigenvalue weighted by Gasteiger charge is -2.23. The molecule has 0 aliphatic carbocycles. The van der Waals surface area contributed by atoms with Gasteiger partial charge in [-0.15, -0.1) is 0 Å². The van der Waals surface area contributed by atoms with Gasteiger partial charge in [0, 0.05) is 37.9 Å². The molecule has 1 aliphatic rings. The molecule has 1 amide bonds. The second kappa shape index (κ2) is 9.63. The van der Waals surface area contributed by atoms with Crippen molar-refractivity contribution in [2.45, 2.75) is 19.9 Å². The first-order valence-corrected chi connectivity index (χ1v) is 9.51. The van der Waals surface area contributed by atoms with E-state index in [-0.39, 0.29) is 24.9 Å². The third kappa shape index (κ3) is 5.19. The van der Waals surface area contributed by atoms with Crippen LogP contribution in [0.3, 0.4) is 0 Å². The lowest BCUT2D eigenvalue weighted by Crippen LogP contribution is -2.37. The fourth-order valence-corrected chi connectivity index (χ4v) is 3.33. The summed E-state index contributed by atoms with van der Waals surface area (Å²) in [6, 6.07) is 9.53. The molecular formula is C19H24N8O3. The van der Waals surface area contributed by atoms with E-state index in [2.05, 4.69) is 25.1 Å². The number of aryl methyl sites for hydroxylation is 1. The average Bonchev–Trinajstić information content (AvgIpc) is 2.93. The minimum absolute atomic E-state index is 0.0236. The Hall–Kier alpha value is -3.76. The molecule has 4 rings (SSSR count). The lowest BCUT2D eigenvalue weighted by molar-refractivity contribution is -0.132. The number of hydrogen-bond acceptors (Lipinski definition) is 8. The van der Waals surface area contributed by atoms with Crippen LogP contribution < -0.4 is 10.6 Å². The number of anilines is 2. The van der Waals surface area contributed by atoms with Crippen LogP contribution in [0.2, 0.25) is 0 Å². The Morgan fingerprint density at radius 1 is 1.13 bits per heavy atom. The van der Waals surface area contributed by atoms with Gasteiger partial charge in [0.25, 0.3) is 6.47 Å². The quantitative estimate of drug-likeness (QED) is 0.589. The number of nitrogen functional groups attached to an aromatic ring is 1. The summed E-state index contributed by atoms with van der Waals surface area (Å²) in [6.07, 6.45) is 0.864. The summed E-state index contributed by atoms with van der Waals surface area (Å²) in [5.74, 6) is 1.11. The number of nitrogens with two attached hydrogens (primary N) is 1. The van der Waals surface area contributed by atoms with Crippen molar-refractivity contribution >= 4 is 35.2 Å². The Bertz CT molecular complexity index is 969. The highest BCUT2D eigenvalue weighted by Crippen LogP contribution is 2.16. The normalized spacial score (nSPS) is 14.0. The fraction of sp³-hybridized carbons (Fsp3) is 0.368. The molecule has 0 bridgehead atoms. The summed E-state index contributed by atoms with van der Waals surface area (Å²) in [5, 5.41) is 15.6. The monoisotopic (exact) mass is 412 g/mol. The molecule has 11 nitrogen and oxygen atoms in total. The molecule has 30 heavy (non-hydrogen) atoms. The van der Waals surface area contributed by atoms with Gasteiger partial charge in [-0.05, 0) is 25.5 Å². The minimum Gasteiger partial charge on any atom is -0.483 e. The van der Waals surface area contributed by atoms with Crippen molar-refractivity contribution in [3.8, 4) is 0 Å². The van der Waals surface area contributed by atoms with Gasteiger partial charge in [-0.3, -0.25) is 9.59 Å². The van der Waals surface area contributed by atoms with E-state index < -0.39 is 0 Å². The zero-order valence-corrected chi connectivity index (χ0v) is 16.7. The van der Waals surface area contributed by atoms with Gasteiger partial charge in [0.2, 0.25) is 11.9 Å². The lowest BCUT2D eigenvalue weighted by atomic mass is 10.3. The number of nitrogens with zero attached hydrogens (tertiary/aromatic N) is 7. The van der Waals surface area contributed by atoms with Crippen LogP contribution in [0.15, 0.2) is 30.3 Å². The number of hydrogen-bond donors (Lipinski definition) is 2. The Morgan fingerprint density at radius 3 is 2.43 bits per heavy atom. The van der Waals surface area contributed by atoms with E-state index in [9.17, 15) is 4.79 Å². The molecule has 1 fully saturated rings. The van der Waals surface area contributed by atoms with E-state index >= 15 is 0 Å². The van der Waals surface area contributed by atoms with Gasteiger partial charge in [0.15, 0.2) is 0 Å². The molecule has 1 aromatic carbocycles. The predicted molar refractivity (Wildman–Crippen MR) is 111 cm³/mol. The molecule has 3 heterocycles. The molecular weight excluding hydrogens is 388 g/mol. The van der Waals surface area contributed by atoms with Gasteiger partial charge < -0.3 is 20.6 Å². The van der Waals surface area contributed by atoms with Crippen molar-refractivity contribution in [1.29, 1.82) is 0 Å². The summed E-state index contributed by atoms with van der Waals surface area (Å²) in [7, 11) is 0. The number of amides is 1. The van der Waals surface area contributed by atoms with E-state index in [0.717, 1.165) is 35.5 Å². The summed E-state index contributed by atoms with van der Waals surface area (Å²) < 4.78 is 0.